The van der Waals surface area contributed by atoms with Crippen molar-refractivity contribution in [2.75, 3.05) is 44.8 Å². The van der Waals surface area contributed by atoms with Crippen molar-refractivity contribution in [1.82, 2.24) is 9.88 Å². The Morgan fingerprint density at radius 2 is 2.00 bits per heavy atom. The molecule has 28 heavy (non-hydrogen) atoms. The quantitative estimate of drug-likeness (QED) is 0.820. The number of nitrogens with zero attached hydrogens (tertiary/aromatic N) is 3. The molecule has 146 valence electrons. The predicted octanol–water partition coefficient (Wildman–Crippen LogP) is 2.48. The van der Waals surface area contributed by atoms with E-state index < -0.39 is 0 Å². The molecule has 3 aliphatic rings. The van der Waals surface area contributed by atoms with Gasteiger partial charge in [0.15, 0.2) is 0 Å². The number of fused-ring (bicyclic) bond motifs is 2. The maximum Gasteiger partial charge on any atom is 0.226 e. The van der Waals surface area contributed by atoms with E-state index in [1.54, 1.807) is 13.3 Å². The van der Waals surface area contributed by atoms with Gasteiger partial charge in [-0.3, -0.25) is 4.79 Å². The molecule has 0 radical (unpaired) electrons. The highest BCUT2D eigenvalue weighted by Crippen LogP contribution is 2.61. The van der Waals surface area contributed by atoms with Gasteiger partial charge in [0.1, 0.15) is 17.3 Å². The number of para-hydroxylation sites is 1. The smallest absolute Gasteiger partial charge is 0.226 e. The fraction of sp³-hybridized carbons (Fsp3) is 0.455. The summed E-state index contributed by atoms with van der Waals surface area (Å²) in [6, 6.07) is 12.1. The number of rotatable bonds is 3. The van der Waals surface area contributed by atoms with E-state index in [2.05, 4.69) is 22.0 Å². The monoisotopic (exact) mass is 379 g/mol. The largest absolute Gasteiger partial charge is 0.495 e. The van der Waals surface area contributed by atoms with Crippen LogP contribution < -0.4 is 14.4 Å². The average Bonchev–Trinajstić information content (AvgIpc) is 3.48. The number of aromatic nitrogens is 1. The number of anilines is 1. The molecule has 0 bridgehead atoms. The lowest BCUT2D eigenvalue weighted by atomic mass is 9.87. The molecule has 1 aliphatic carbocycles. The SMILES string of the molecule is COc1ccc(N2CCN(C(=O)[C@@H]3C[C@]34CCOc3ccccc34)CC2)nc1. The molecule has 6 nitrogen and oxygen atoms in total. The number of amides is 1. The molecule has 6 heteroatoms. The van der Waals surface area contributed by atoms with Gasteiger partial charge >= 0.3 is 0 Å². The summed E-state index contributed by atoms with van der Waals surface area (Å²) in [6.45, 7) is 3.82. The number of hydrogen-bond acceptors (Lipinski definition) is 5. The molecule has 2 fully saturated rings. The fourth-order valence-electron chi connectivity index (χ4n) is 4.74. The van der Waals surface area contributed by atoms with E-state index in [-0.39, 0.29) is 11.3 Å². The van der Waals surface area contributed by atoms with Crippen molar-refractivity contribution in [2.24, 2.45) is 5.92 Å². The minimum Gasteiger partial charge on any atom is -0.495 e. The molecule has 0 N–H and O–H groups in total. The third kappa shape index (κ3) is 2.79. The van der Waals surface area contributed by atoms with Gasteiger partial charge in [-0.05, 0) is 31.0 Å². The number of piperazine rings is 1. The van der Waals surface area contributed by atoms with Crippen LogP contribution in [0.4, 0.5) is 5.82 Å². The molecular formula is C22H25N3O3. The molecule has 2 aliphatic heterocycles. The van der Waals surface area contributed by atoms with Crippen molar-refractivity contribution >= 4 is 11.7 Å². The van der Waals surface area contributed by atoms with Crippen LogP contribution >= 0.6 is 0 Å². The van der Waals surface area contributed by atoms with Crippen molar-refractivity contribution in [2.45, 2.75) is 18.3 Å². The van der Waals surface area contributed by atoms with Gasteiger partial charge in [0.25, 0.3) is 0 Å². The Bertz CT molecular complexity index is 877. The van der Waals surface area contributed by atoms with Gasteiger partial charge in [0.2, 0.25) is 5.91 Å². The van der Waals surface area contributed by atoms with Crippen LogP contribution in [0.15, 0.2) is 42.6 Å². The Labute approximate surface area is 165 Å². The highest BCUT2D eigenvalue weighted by molar-refractivity contribution is 5.85. The Kier molecular flexibility index (Phi) is 4.14. The van der Waals surface area contributed by atoms with E-state index in [1.165, 1.54) is 5.56 Å². The van der Waals surface area contributed by atoms with E-state index in [0.717, 1.165) is 56.3 Å². The minimum atomic E-state index is 0.000595. The third-order valence-electron chi connectivity index (χ3n) is 6.47. The summed E-state index contributed by atoms with van der Waals surface area (Å²) in [4.78, 5) is 21.9. The number of pyridine rings is 1. The van der Waals surface area contributed by atoms with Gasteiger partial charge in [-0.25, -0.2) is 4.98 Å². The average molecular weight is 379 g/mol. The van der Waals surface area contributed by atoms with E-state index in [0.29, 0.717) is 12.5 Å². The summed E-state index contributed by atoms with van der Waals surface area (Å²) in [5.41, 5.74) is 1.22. The summed E-state index contributed by atoms with van der Waals surface area (Å²) in [6.07, 6.45) is 3.63. The fourth-order valence-corrected chi connectivity index (χ4v) is 4.74. The number of methoxy groups -OCH3 is 1. The molecule has 1 spiro atoms. The second-order valence-corrected chi connectivity index (χ2v) is 7.88. The second kappa shape index (κ2) is 6.69. The summed E-state index contributed by atoms with van der Waals surface area (Å²) in [5.74, 6) is 3.06. The molecule has 1 aromatic heterocycles. The number of hydrogen-bond donors (Lipinski definition) is 0. The standard InChI is InChI=1S/C22H25N3O3/c1-27-16-6-7-20(23-15-16)24-9-11-25(12-10-24)21(26)18-14-22(18)8-13-28-19-5-3-2-4-17(19)22/h2-7,15,18H,8-14H2,1H3/t18-,22-/m0/s1. The molecule has 2 atom stereocenters. The maximum atomic E-state index is 13.2. The van der Waals surface area contributed by atoms with Crippen molar-refractivity contribution in [1.29, 1.82) is 0 Å². The lowest BCUT2D eigenvalue weighted by molar-refractivity contribution is -0.133. The normalized spacial score (nSPS) is 25.8. The lowest BCUT2D eigenvalue weighted by Crippen LogP contribution is -2.50. The topological polar surface area (TPSA) is 54.9 Å². The van der Waals surface area contributed by atoms with E-state index in [9.17, 15) is 4.79 Å². The highest BCUT2D eigenvalue weighted by Gasteiger charge is 2.61. The maximum absolute atomic E-state index is 13.2. The van der Waals surface area contributed by atoms with Gasteiger partial charge in [-0.15, -0.1) is 0 Å². The zero-order chi connectivity index (χ0) is 19.1. The van der Waals surface area contributed by atoms with Crippen LogP contribution in [0.2, 0.25) is 0 Å². The van der Waals surface area contributed by atoms with Gasteiger partial charge < -0.3 is 19.3 Å². The molecule has 0 unspecified atom stereocenters. The summed E-state index contributed by atoms with van der Waals surface area (Å²) >= 11 is 0. The zero-order valence-corrected chi connectivity index (χ0v) is 16.1. The zero-order valence-electron chi connectivity index (χ0n) is 16.1. The highest BCUT2D eigenvalue weighted by atomic mass is 16.5. The molecular weight excluding hydrogens is 354 g/mol. The second-order valence-electron chi connectivity index (χ2n) is 7.88. The van der Waals surface area contributed by atoms with E-state index in [1.807, 2.05) is 29.2 Å². The summed E-state index contributed by atoms with van der Waals surface area (Å²) in [7, 11) is 1.64. The number of carbonyl (C=O) groups is 1. The molecule has 3 heterocycles. The first-order valence-electron chi connectivity index (χ1n) is 9.97. The Hall–Kier alpha value is -2.76. The Balaban J connectivity index is 1.24. The van der Waals surface area contributed by atoms with Crippen molar-refractivity contribution in [3.05, 3.63) is 48.2 Å². The van der Waals surface area contributed by atoms with Gasteiger partial charge in [0, 0.05) is 43.1 Å². The number of carbonyl (C=O) groups excluding carboxylic acids is 1. The molecule has 5 rings (SSSR count). The van der Waals surface area contributed by atoms with Crippen molar-refractivity contribution in [3.8, 4) is 11.5 Å². The van der Waals surface area contributed by atoms with E-state index >= 15 is 0 Å². The minimum absolute atomic E-state index is 0.000595. The van der Waals surface area contributed by atoms with Crippen LogP contribution in [-0.4, -0.2) is 55.7 Å². The molecule has 1 saturated carbocycles. The third-order valence-corrected chi connectivity index (χ3v) is 6.47. The van der Waals surface area contributed by atoms with E-state index in [4.69, 9.17) is 9.47 Å². The van der Waals surface area contributed by atoms with Crippen LogP contribution in [0.3, 0.4) is 0 Å². The van der Waals surface area contributed by atoms with Crippen LogP contribution in [0, 0.1) is 5.92 Å². The lowest BCUT2D eigenvalue weighted by Gasteiger charge is -2.36. The first-order chi connectivity index (χ1) is 13.7. The number of ether oxygens (including phenoxy) is 2. The van der Waals surface area contributed by atoms with Gasteiger partial charge in [0.05, 0.1) is 19.9 Å². The van der Waals surface area contributed by atoms with Gasteiger partial charge in [-0.2, -0.15) is 0 Å². The molecule has 1 amide bonds. The molecule has 2 aromatic rings. The van der Waals surface area contributed by atoms with Crippen molar-refractivity contribution in [3.63, 3.8) is 0 Å². The molecule has 1 saturated heterocycles. The summed E-state index contributed by atoms with van der Waals surface area (Å²) in [5, 5.41) is 0. The van der Waals surface area contributed by atoms with Gasteiger partial charge in [-0.1, -0.05) is 18.2 Å². The van der Waals surface area contributed by atoms with Crippen molar-refractivity contribution < 1.29 is 14.3 Å². The van der Waals surface area contributed by atoms with Crippen LogP contribution in [0.25, 0.3) is 0 Å². The van der Waals surface area contributed by atoms with Crippen LogP contribution in [-0.2, 0) is 10.2 Å². The van der Waals surface area contributed by atoms with Crippen LogP contribution in [0.1, 0.15) is 18.4 Å². The predicted molar refractivity (Wildman–Crippen MR) is 106 cm³/mol. The number of benzene rings is 1. The Morgan fingerprint density at radius 1 is 1.18 bits per heavy atom. The summed E-state index contributed by atoms with van der Waals surface area (Å²) < 4.78 is 11.0. The first-order valence-corrected chi connectivity index (χ1v) is 9.97. The Morgan fingerprint density at radius 3 is 2.75 bits per heavy atom. The first kappa shape index (κ1) is 17.3. The molecule has 1 aromatic carbocycles. The van der Waals surface area contributed by atoms with Crippen LogP contribution in [0.5, 0.6) is 11.5 Å².